The molecule has 2 heterocycles. The molecule has 1 aromatic heterocycles. The molecule has 0 unspecified atom stereocenters. The van der Waals surface area contributed by atoms with Crippen LogP contribution >= 0.6 is 0 Å². The minimum atomic E-state index is -4.71. The van der Waals surface area contributed by atoms with E-state index in [1.54, 1.807) is 22.8 Å². The Bertz CT molecular complexity index is 1250. The van der Waals surface area contributed by atoms with Gasteiger partial charge in [-0.2, -0.15) is 18.3 Å². The van der Waals surface area contributed by atoms with Gasteiger partial charge in [0.05, 0.1) is 12.2 Å². The number of nitrogens with zero attached hydrogens (tertiary/aromatic N) is 5. The third-order valence-corrected chi connectivity index (χ3v) is 6.05. The Hall–Kier alpha value is -3.83. The van der Waals surface area contributed by atoms with E-state index in [1.165, 1.54) is 0 Å². The van der Waals surface area contributed by atoms with E-state index in [2.05, 4.69) is 20.3 Å². The molecule has 1 N–H and O–H groups in total. The lowest BCUT2D eigenvalue weighted by molar-refractivity contribution is -0.138. The van der Waals surface area contributed by atoms with Gasteiger partial charge in [0.1, 0.15) is 29.4 Å². The van der Waals surface area contributed by atoms with Crippen LogP contribution < -0.4 is 15.0 Å². The van der Waals surface area contributed by atoms with Crippen LogP contribution in [0.3, 0.4) is 0 Å². The monoisotopic (exact) mass is 520 g/mol. The number of amides is 2. The molecule has 37 heavy (non-hydrogen) atoms. The molecule has 1 fully saturated rings. The van der Waals surface area contributed by atoms with Crippen molar-refractivity contribution >= 4 is 11.7 Å². The number of carbonyl (C=O) groups excluding carboxylic acids is 1. The molecule has 2 aromatic carbocycles. The van der Waals surface area contributed by atoms with Crippen LogP contribution in [0.25, 0.3) is 5.69 Å². The largest absolute Gasteiger partial charge is 0.492 e. The first-order chi connectivity index (χ1) is 17.7. The van der Waals surface area contributed by atoms with Crippen molar-refractivity contribution in [3.8, 4) is 11.4 Å². The Morgan fingerprint density at radius 2 is 1.92 bits per heavy atom. The lowest BCUT2D eigenvalue weighted by Crippen LogP contribution is -2.42. The van der Waals surface area contributed by atoms with Gasteiger partial charge in [-0.1, -0.05) is 6.07 Å². The fourth-order valence-electron chi connectivity index (χ4n) is 4.25. The summed E-state index contributed by atoms with van der Waals surface area (Å²) in [6.45, 7) is 5.88. The summed E-state index contributed by atoms with van der Waals surface area (Å²) in [5.74, 6) is 0.321. The van der Waals surface area contributed by atoms with Crippen molar-refractivity contribution in [2.24, 2.45) is 0 Å². The number of halogens is 4. The van der Waals surface area contributed by atoms with E-state index in [-0.39, 0.29) is 12.1 Å². The van der Waals surface area contributed by atoms with Gasteiger partial charge in [-0.25, -0.2) is 18.9 Å². The SMILES string of the molecule is CCOc1cc(N2CCCN(C(=O)NCc3ccc(F)cc3C(F)(F)F)CC2)ccc1-n1cnc(C)n1. The first-order valence-electron chi connectivity index (χ1n) is 11.9. The minimum Gasteiger partial charge on any atom is -0.492 e. The van der Waals surface area contributed by atoms with E-state index in [0.29, 0.717) is 56.8 Å². The predicted molar refractivity (Wildman–Crippen MR) is 129 cm³/mol. The average Bonchev–Trinajstić information content (AvgIpc) is 3.13. The first-order valence-corrected chi connectivity index (χ1v) is 11.9. The molecule has 1 aliphatic rings. The molecule has 0 spiro atoms. The third kappa shape index (κ3) is 6.30. The quantitative estimate of drug-likeness (QED) is 0.483. The van der Waals surface area contributed by atoms with Crippen LogP contribution in [0.15, 0.2) is 42.7 Å². The van der Waals surface area contributed by atoms with Gasteiger partial charge in [-0.15, -0.1) is 0 Å². The molecule has 8 nitrogen and oxygen atoms in total. The number of nitrogens with one attached hydrogen (secondary N) is 1. The zero-order valence-corrected chi connectivity index (χ0v) is 20.6. The summed E-state index contributed by atoms with van der Waals surface area (Å²) in [4.78, 5) is 20.6. The van der Waals surface area contributed by atoms with Crippen LogP contribution in [0.2, 0.25) is 0 Å². The summed E-state index contributed by atoms with van der Waals surface area (Å²) >= 11 is 0. The van der Waals surface area contributed by atoms with E-state index in [1.807, 2.05) is 25.1 Å². The number of urea groups is 1. The minimum absolute atomic E-state index is 0.190. The van der Waals surface area contributed by atoms with E-state index in [9.17, 15) is 22.4 Å². The Morgan fingerprint density at radius 3 is 2.62 bits per heavy atom. The van der Waals surface area contributed by atoms with Crippen LogP contribution in [-0.4, -0.2) is 58.5 Å². The standard InChI is InChI=1S/C25H28F4N6O2/c1-3-37-23-14-20(7-8-22(23)35-16-31-17(2)32-35)33-9-4-10-34(12-11-33)24(36)30-15-18-5-6-19(26)13-21(18)25(27,28)29/h5-8,13-14,16H,3-4,9-12,15H2,1-2H3,(H,30,36). The highest BCUT2D eigenvalue weighted by Gasteiger charge is 2.34. The molecule has 3 aromatic rings. The Morgan fingerprint density at radius 1 is 1.11 bits per heavy atom. The lowest BCUT2D eigenvalue weighted by Gasteiger charge is -2.25. The van der Waals surface area contributed by atoms with Crippen molar-refractivity contribution in [1.29, 1.82) is 0 Å². The number of ether oxygens (including phenoxy) is 1. The van der Waals surface area contributed by atoms with Crippen LogP contribution in [0.5, 0.6) is 5.75 Å². The smallest absolute Gasteiger partial charge is 0.416 e. The predicted octanol–water partition coefficient (Wildman–Crippen LogP) is 4.55. The molecular weight excluding hydrogens is 492 g/mol. The number of anilines is 1. The third-order valence-electron chi connectivity index (χ3n) is 6.05. The Labute approximate surface area is 211 Å². The zero-order chi connectivity index (χ0) is 26.6. The van der Waals surface area contributed by atoms with Gasteiger partial charge >= 0.3 is 12.2 Å². The fourth-order valence-corrected chi connectivity index (χ4v) is 4.25. The van der Waals surface area contributed by atoms with Gasteiger partial charge in [-0.3, -0.25) is 0 Å². The van der Waals surface area contributed by atoms with Crippen molar-refractivity contribution in [3.05, 3.63) is 65.5 Å². The number of aryl methyl sites for hydroxylation is 1. The second-order valence-corrected chi connectivity index (χ2v) is 8.61. The summed E-state index contributed by atoms with van der Waals surface area (Å²) in [6, 6.07) is 7.76. The van der Waals surface area contributed by atoms with Gasteiger partial charge in [-0.05, 0) is 50.1 Å². The van der Waals surface area contributed by atoms with Gasteiger partial charge in [0, 0.05) is 44.5 Å². The molecule has 0 aliphatic carbocycles. The molecule has 0 atom stereocenters. The van der Waals surface area contributed by atoms with Gasteiger partial charge in [0.15, 0.2) is 0 Å². The van der Waals surface area contributed by atoms with Gasteiger partial charge in [0.25, 0.3) is 0 Å². The van der Waals surface area contributed by atoms with Crippen molar-refractivity contribution in [3.63, 3.8) is 0 Å². The van der Waals surface area contributed by atoms with E-state index < -0.39 is 23.6 Å². The van der Waals surface area contributed by atoms with Crippen molar-refractivity contribution in [1.82, 2.24) is 25.0 Å². The Kier molecular flexibility index (Phi) is 7.84. The molecule has 4 rings (SSSR count). The van der Waals surface area contributed by atoms with Crippen LogP contribution in [-0.2, 0) is 12.7 Å². The first kappa shape index (κ1) is 26.2. The molecule has 198 valence electrons. The van der Waals surface area contributed by atoms with Crippen molar-refractivity contribution in [2.75, 3.05) is 37.7 Å². The van der Waals surface area contributed by atoms with Crippen molar-refractivity contribution in [2.45, 2.75) is 33.0 Å². The van der Waals surface area contributed by atoms with E-state index >= 15 is 0 Å². The summed E-state index contributed by atoms with van der Waals surface area (Å²) in [5.41, 5.74) is 0.405. The molecule has 1 aliphatic heterocycles. The normalized spacial score (nSPS) is 14.4. The zero-order valence-electron chi connectivity index (χ0n) is 20.6. The van der Waals surface area contributed by atoms with Crippen molar-refractivity contribution < 1.29 is 27.1 Å². The van der Waals surface area contributed by atoms with Gasteiger partial charge < -0.3 is 19.9 Å². The Balaban J connectivity index is 1.41. The number of hydrogen-bond acceptors (Lipinski definition) is 5. The molecule has 2 amide bonds. The number of benzene rings is 2. The van der Waals surface area contributed by atoms with Crippen LogP contribution in [0.1, 0.15) is 30.3 Å². The summed E-state index contributed by atoms with van der Waals surface area (Å²) < 4.78 is 60.6. The summed E-state index contributed by atoms with van der Waals surface area (Å²) in [6.07, 6.45) is -2.42. The van der Waals surface area contributed by atoms with E-state index in [4.69, 9.17) is 4.74 Å². The molecule has 12 heteroatoms. The molecule has 1 saturated heterocycles. The number of hydrogen-bond donors (Lipinski definition) is 1. The maximum absolute atomic E-state index is 13.4. The molecule has 0 bridgehead atoms. The number of carbonyl (C=O) groups is 1. The van der Waals surface area contributed by atoms with Crippen LogP contribution in [0, 0.1) is 12.7 Å². The topological polar surface area (TPSA) is 75.5 Å². The second kappa shape index (κ2) is 11.1. The maximum Gasteiger partial charge on any atom is 0.416 e. The highest BCUT2D eigenvalue weighted by atomic mass is 19.4. The molecule has 0 radical (unpaired) electrons. The molecular formula is C25H28F4N6O2. The average molecular weight is 521 g/mol. The summed E-state index contributed by atoms with van der Waals surface area (Å²) in [7, 11) is 0. The second-order valence-electron chi connectivity index (χ2n) is 8.61. The number of alkyl halides is 3. The number of rotatable bonds is 6. The fraction of sp³-hybridized carbons (Fsp3) is 0.400. The maximum atomic E-state index is 13.4. The lowest BCUT2D eigenvalue weighted by atomic mass is 10.1. The van der Waals surface area contributed by atoms with Gasteiger partial charge in [0.2, 0.25) is 0 Å². The summed E-state index contributed by atoms with van der Waals surface area (Å²) in [5, 5.41) is 6.90. The highest BCUT2D eigenvalue weighted by molar-refractivity contribution is 5.74. The number of aromatic nitrogens is 3. The highest BCUT2D eigenvalue weighted by Crippen LogP contribution is 2.33. The van der Waals surface area contributed by atoms with Crippen LogP contribution in [0.4, 0.5) is 28.0 Å². The van der Waals surface area contributed by atoms with E-state index in [0.717, 1.165) is 23.5 Å². The molecule has 0 saturated carbocycles.